The van der Waals surface area contributed by atoms with Crippen molar-refractivity contribution in [2.75, 3.05) is 7.05 Å². The quantitative estimate of drug-likeness (QED) is 0.793. The van der Waals surface area contributed by atoms with Crippen LogP contribution in [0, 0.1) is 0 Å². The van der Waals surface area contributed by atoms with Gasteiger partial charge in [0.05, 0.1) is 12.0 Å². The number of nitrogens with zero attached hydrogens (tertiary/aromatic N) is 2. The van der Waals surface area contributed by atoms with E-state index >= 15 is 0 Å². The molecule has 0 aliphatic heterocycles. The van der Waals surface area contributed by atoms with Crippen molar-refractivity contribution in [1.29, 1.82) is 0 Å². The third kappa shape index (κ3) is 1.69. The first-order valence-corrected chi connectivity index (χ1v) is 5.47. The molecule has 0 aromatic carbocycles. The van der Waals surface area contributed by atoms with Crippen molar-refractivity contribution in [3.8, 4) is 0 Å². The van der Waals surface area contributed by atoms with E-state index in [1.54, 1.807) is 0 Å². The third-order valence-electron chi connectivity index (χ3n) is 3.15. The predicted molar refractivity (Wildman–Crippen MR) is 57.2 cm³/mol. The number of nitrogens with one attached hydrogen (secondary N) is 1. The first-order chi connectivity index (χ1) is 6.83. The average Bonchev–Trinajstić information content (AvgIpc) is 2.76. The molecular formula is C11H19N3. The van der Waals surface area contributed by atoms with Crippen LogP contribution in [-0.4, -0.2) is 16.6 Å². The monoisotopic (exact) mass is 193 g/mol. The Morgan fingerprint density at radius 1 is 1.50 bits per heavy atom. The molecule has 1 fully saturated rings. The Balaban J connectivity index is 2.24. The molecule has 2 rings (SSSR count). The fourth-order valence-electron chi connectivity index (χ4n) is 2.51. The second kappa shape index (κ2) is 4.13. The molecule has 0 saturated heterocycles. The SMILES string of the molecule is CNCc1ncn(C)c1C1CCCC1. The Bertz CT molecular complexity index is 297. The van der Waals surface area contributed by atoms with E-state index in [1.165, 1.54) is 37.1 Å². The van der Waals surface area contributed by atoms with Crippen molar-refractivity contribution in [3.05, 3.63) is 17.7 Å². The highest BCUT2D eigenvalue weighted by Gasteiger charge is 2.22. The van der Waals surface area contributed by atoms with Gasteiger partial charge < -0.3 is 9.88 Å². The highest BCUT2D eigenvalue weighted by atomic mass is 15.0. The zero-order valence-electron chi connectivity index (χ0n) is 9.08. The van der Waals surface area contributed by atoms with Gasteiger partial charge in [-0.25, -0.2) is 4.98 Å². The molecule has 1 saturated carbocycles. The van der Waals surface area contributed by atoms with Crippen LogP contribution < -0.4 is 5.32 Å². The van der Waals surface area contributed by atoms with Gasteiger partial charge >= 0.3 is 0 Å². The summed E-state index contributed by atoms with van der Waals surface area (Å²) in [4.78, 5) is 4.45. The van der Waals surface area contributed by atoms with Gasteiger partial charge in [0.15, 0.2) is 0 Å². The molecule has 0 unspecified atom stereocenters. The minimum absolute atomic E-state index is 0.755. The molecule has 14 heavy (non-hydrogen) atoms. The summed E-state index contributed by atoms with van der Waals surface area (Å²) < 4.78 is 2.20. The Morgan fingerprint density at radius 3 is 2.86 bits per heavy atom. The Labute approximate surface area is 85.5 Å². The molecular weight excluding hydrogens is 174 g/mol. The standard InChI is InChI=1S/C11H19N3/c1-12-7-10-11(14(2)8-13-10)9-5-3-4-6-9/h8-9,12H,3-7H2,1-2H3. The molecule has 1 aromatic heterocycles. The molecule has 0 radical (unpaired) electrons. The maximum Gasteiger partial charge on any atom is 0.0949 e. The van der Waals surface area contributed by atoms with Gasteiger partial charge in [-0.3, -0.25) is 0 Å². The third-order valence-corrected chi connectivity index (χ3v) is 3.15. The molecule has 1 aromatic rings. The smallest absolute Gasteiger partial charge is 0.0949 e. The highest BCUT2D eigenvalue weighted by molar-refractivity contribution is 5.19. The van der Waals surface area contributed by atoms with E-state index in [9.17, 15) is 0 Å². The van der Waals surface area contributed by atoms with E-state index in [1.807, 2.05) is 13.4 Å². The molecule has 1 heterocycles. The minimum Gasteiger partial charge on any atom is -0.337 e. The first kappa shape index (κ1) is 9.71. The fraction of sp³-hybridized carbons (Fsp3) is 0.727. The van der Waals surface area contributed by atoms with Crippen molar-refractivity contribution in [3.63, 3.8) is 0 Å². The molecule has 0 atom stereocenters. The van der Waals surface area contributed by atoms with Crippen molar-refractivity contribution >= 4 is 0 Å². The van der Waals surface area contributed by atoms with E-state index in [2.05, 4.69) is 21.9 Å². The highest BCUT2D eigenvalue weighted by Crippen LogP contribution is 2.35. The molecule has 0 amide bonds. The summed E-state index contributed by atoms with van der Waals surface area (Å²) in [6.07, 6.45) is 7.40. The van der Waals surface area contributed by atoms with Crippen LogP contribution in [0.2, 0.25) is 0 Å². The Morgan fingerprint density at radius 2 is 2.21 bits per heavy atom. The van der Waals surface area contributed by atoms with Crippen molar-refractivity contribution in [2.24, 2.45) is 7.05 Å². The van der Waals surface area contributed by atoms with Crippen LogP contribution in [0.1, 0.15) is 43.0 Å². The van der Waals surface area contributed by atoms with Gasteiger partial charge in [0.1, 0.15) is 0 Å². The molecule has 0 bridgehead atoms. The maximum atomic E-state index is 4.45. The van der Waals surface area contributed by atoms with E-state index in [-0.39, 0.29) is 0 Å². The fourth-order valence-corrected chi connectivity index (χ4v) is 2.51. The van der Waals surface area contributed by atoms with Crippen LogP contribution in [-0.2, 0) is 13.6 Å². The number of aromatic nitrogens is 2. The molecule has 78 valence electrons. The molecule has 1 N–H and O–H groups in total. The maximum absolute atomic E-state index is 4.45. The minimum atomic E-state index is 0.755. The topological polar surface area (TPSA) is 29.9 Å². The van der Waals surface area contributed by atoms with Crippen LogP contribution >= 0.6 is 0 Å². The molecule has 3 heteroatoms. The molecule has 1 aliphatic rings. The molecule has 1 aliphatic carbocycles. The summed E-state index contributed by atoms with van der Waals surface area (Å²) in [6, 6.07) is 0. The predicted octanol–water partition coefficient (Wildman–Crippen LogP) is 1.80. The van der Waals surface area contributed by atoms with E-state index in [0.29, 0.717) is 0 Å². The summed E-state index contributed by atoms with van der Waals surface area (Å²) in [7, 11) is 4.09. The lowest BCUT2D eigenvalue weighted by molar-refractivity contribution is 0.639. The summed E-state index contributed by atoms with van der Waals surface area (Å²) in [5.41, 5.74) is 2.69. The number of hydrogen-bond acceptors (Lipinski definition) is 2. The van der Waals surface area contributed by atoms with Crippen LogP contribution in [0.5, 0.6) is 0 Å². The van der Waals surface area contributed by atoms with E-state index in [4.69, 9.17) is 0 Å². The summed E-state index contributed by atoms with van der Waals surface area (Å²) in [5, 5.41) is 3.19. The lowest BCUT2D eigenvalue weighted by atomic mass is 10.0. The van der Waals surface area contributed by atoms with Gasteiger partial charge in [-0.2, -0.15) is 0 Å². The van der Waals surface area contributed by atoms with Crippen LogP contribution in [0.3, 0.4) is 0 Å². The average molecular weight is 193 g/mol. The van der Waals surface area contributed by atoms with Gasteiger partial charge in [0, 0.05) is 25.2 Å². The van der Waals surface area contributed by atoms with Gasteiger partial charge in [-0.05, 0) is 19.9 Å². The molecule has 0 spiro atoms. The number of rotatable bonds is 3. The Hall–Kier alpha value is -0.830. The van der Waals surface area contributed by atoms with Crippen LogP contribution in [0.15, 0.2) is 6.33 Å². The number of aryl methyl sites for hydroxylation is 1. The first-order valence-electron chi connectivity index (χ1n) is 5.47. The number of imidazole rings is 1. The largest absolute Gasteiger partial charge is 0.337 e. The van der Waals surface area contributed by atoms with Gasteiger partial charge in [-0.15, -0.1) is 0 Å². The zero-order chi connectivity index (χ0) is 9.97. The second-order valence-electron chi connectivity index (χ2n) is 4.20. The van der Waals surface area contributed by atoms with Crippen molar-refractivity contribution in [2.45, 2.75) is 38.1 Å². The van der Waals surface area contributed by atoms with Gasteiger partial charge in [0.25, 0.3) is 0 Å². The Kier molecular flexibility index (Phi) is 2.87. The number of hydrogen-bond donors (Lipinski definition) is 1. The lowest BCUT2D eigenvalue weighted by Crippen LogP contribution is -2.11. The normalized spacial score (nSPS) is 17.9. The summed E-state index contributed by atoms with van der Waals surface area (Å²) in [6.45, 7) is 0.896. The van der Waals surface area contributed by atoms with Crippen molar-refractivity contribution < 1.29 is 0 Å². The van der Waals surface area contributed by atoms with Crippen LogP contribution in [0.25, 0.3) is 0 Å². The zero-order valence-corrected chi connectivity index (χ0v) is 9.08. The molecule has 3 nitrogen and oxygen atoms in total. The van der Waals surface area contributed by atoms with E-state index in [0.717, 1.165) is 12.5 Å². The van der Waals surface area contributed by atoms with Crippen LogP contribution in [0.4, 0.5) is 0 Å². The summed E-state index contributed by atoms with van der Waals surface area (Å²) >= 11 is 0. The summed E-state index contributed by atoms with van der Waals surface area (Å²) in [5.74, 6) is 0.755. The van der Waals surface area contributed by atoms with E-state index < -0.39 is 0 Å². The lowest BCUT2D eigenvalue weighted by Gasteiger charge is -2.12. The van der Waals surface area contributed by atoms with Gasteiger partial charge in [0.2, 0.25) is 0 Å². The second-order valence-corrected chi connectivity index (χ2v) is 4.20. The van der Waals surface area contributed by atoms with Gasteiger partial charge in [-0.1, -0.05) is 12.8 Å². The van der Waals surface area contributed by atoms with Crippen molar-refractivity contribution in [1.82, 2.24) is 14.9 Å².